The van der Waals surface area contributed by atoms with Gasteiger partial charge in [-0.2, -0.15) is 18.4 Å². The van der Waals surface area contributed by atoms with Gasteiger partial charge in [0, 0.05) is 16.6 Å². The second-order valence-corrected chi connectivity index (χ2v) is 5.99. The van der Waals surface area contributed by atoms with Gasteiger partial charge in [-0.1, -0.05) is 0 Å². The van der Waals surface area contributed by atoms with E-state index in [0.29, 0.717) is 12.1 Å². The Morgan fingerprint density at radius 1 is 1.33 bits per heavy atom. The predicted molar refractivity (Wildman–Crippen MR) is 58.8 cm³/mol. The van der Waals surface area contributed by atoms with E-state index in [1.54, 1.807) is 0 Å². The van der Waals surface area contributed by atoms with Gasteiger partial charge in [0.05, 0.1) is 22.1 Å². The van der Waals surface area contributed by atoms with Crippen molar-refractivity contribution < 1.29 is 21.6 Å². The fraction of sp³-hybridized carbons (Fsp3) is 0.222. The standard InChI is InChI=1S/C9H4Cl2F3NO2S/c10-3-5-2-8(18(11,16)17)7(9(12,13)14)1-6(5)4-15/h1-2H,3H2. The molecule has 0 atom stereocenters. The number of hydrogen-bond acceptors (Lipinski definition) is 3. The van der Waals surface area contributed by atoms with E-state index in [2.05, 4.69) is 0 Å². The number of nitrogens with zero attached hydrogens (tertiary/aromatic N) is 1. The SMILES string of the molecule is N#Cc1cc(C(F)(F)F)c(S(=O)(=O)Cl)cc1CCl. The van der Waals surface area contributed by atoms with Gasteiger partial charge in [-0.25, -0.2) is 8.42 Å². The molecule has 0 saturated heterocycles. The molecule has 0 radical (unpaired) electrons. The Labute approximate surface area is 110 Å². The van der Waals surface area contributed by atoms with Crippen LogP contribution in [0, 0.1) is 11.3 Å². The monoisotopic (exact) mass is 317 g/mol. The fourth-order valence-electron chi connectivity index (χ4n) is 1.26. The summed E-state index contributed by atoms with van der Waals surface area (Å²) in [6.07, 6.45) is -4.94. The van der Waals surface area contributed by atoms with Crippen molar-refractivity contribution in [1.29, 1.82) is 5.26 Å². The van der Waals surface area contributed by atoms with E-state index < -0.39 is 25.7 Å². The van der Waals surface area contributed by atoms with Crippen molar-refractivity contribution in [3.05, 3.63) is 28.8 Å². The number of rotatable bonds is 2. The van der Waals surface area contributed by atoms with Gasteiger partial charge in [0.1, 0.15) is 0 Å². The summed E-state index contributed by atoms with van der Waals surface area (Å²) in [6.45, 7) is 0. The minimum atomic E-state index is -4.94. The smallest absolute Gasteiger partial charge is 0.207 e. The summed E-state index contributed by atoms with van der Waals surface area (Å²) < 4.78 is 60.2. The molecule has 0 aliphatic rings. The van der Waals surface area contributed by atoms with Crippen LogP contribution in [0.25, 0.3) is 0 Å². The van der Waals surface area contributed by atoms with E-state index in [1.807, 2.05) is 0 Å². The minimum Gasteiger partial charge on any atom is -0.207 e. The van der Waals surface area contributed by atoms with Crippen LogP contribution in [-0.4, -0.2) is 8.42 Å². The van der Waals surface area contributed by atoms with Gasteiger partial charge in [-0.15, -0.1) is 11.6 Å². The molecule has 0 unspecified atom stereocenters. The first kappa shape index (κ1) is 15.1. The molecule has 3 nitrogen and oxygen atoms in total. The van der Waals surface area contributed by atoms with Crippen LogP contribution < -0.4 is 0 Å². The summed E-state index contributed by atoms with van der Waals surface area (Å²) in [4.78, 5) is -1.11. The molecule has 0 heterocycles. The molecule has 1 aromatic carbocycles. The summed E-state index contributed by atoms with van der Waals surface area (Å²) in [7, 11) is 0.350. The normalized spacial score (nSPS) is 12.2. The third-order valence-electron chi connectivity index (χ3n) is 2.04. The highest BCUT2D eigenvalue weighted by Crippen LogP contribution is 2.37. The summed E-state index contributed by atoms with van der Waals surface area (Å²) >= 11 is 5.43. The van der Waals surface area contributed by atoms with Crippen molar-refractivity contribution in [1.82, 2.24) is 0 Å². The highest BCUT2D eigenvalue weighted by Gasteiger charge is 2.37. The Morgan fingerprint density at radius 3 is 2.22 bits per heavy atom. The topological polar surface area (TPSA) is 57.9 Å². The molecule has 98 valence electrons. The van der Waals surface area contributed by atoms with Crippen LogP contribution in [0.2, 0.25) is 0 Å². The third kappa shape index (κ3) is 3.07. The molecule has 1 aromatic rings. The molecular weight excluding hydrogens is 314 g/mol. The van der Waals surface area contributed by atoms with Gasteiger partial charge < -0.3 is 0 Å². The molecular formula is C9H4Cl2F3NO2S. The number of halogens is 5. The lowest BCUT2D eigenvalue weighted by Gasteiger charge is -2.12. The number of hydrogen-bond donors (Lipinski definition) is 0. The molecule has 0 spiro atoms. The molecule has 0 saturated carbocycles. The first-order chi connectivity index (χ1) is 8.11. The number of benzene rings is 1. The first-order valence-electron chi connectivity index (χ1n) is 4.26. The Balaban J connectivity index is 3.75. The van der Waals surface area contributed by atoms with Crippen LogP contribution in [0.3, 0.4) is 0 Å². The van der Waals surface area contributed by atoms with Crippen molar-refractivity contribution in [2.75, 3.05) is 0 Å². The molecule has 0 aliphatic heterocycles. The lowest BCUT2D eigenvalue weighted by molar-refractivity contribution is -0.139. The van der Waals surface area contributed by atoms with E-state index in [0.717, 1.165) is 0 Å². The molecule has 0 amide bonds. The van der Waals surface area contributed by atoms with Crippen LogP contribution in [0.1, 0.15) is 16.7 Å². The summed E-state index contributed by atoms with van der Waals surface area (Å²) in [5.74, 6) is -0.305. The van der Waals surface area contributed by atoms with Crippen molar-refractivity contribution in [2.24, 2.45) is 0 Å². The molecule has 0 N–H and O–H groups in total. The Bertz CT molecular complexity index is 620. The van der Waals surface area contributed by atoms with Crippen molar-refractivity contribution in [3.63, 3.8) is 0 Å². The van der Waals surface area contributed by atoms with Crippen molar-refractivity contribution in [3.8, 4) is 6.07 Å². The van der Waals surface area contributed by atoms with Crippen LogP contribution in [0.15, 0.2) is 17.0 Å². The Hall–Kier alpha value is -0.970. The van der Waals surface area contributed by atoms with Crippen molar-refractivity contribution >= 4 is 31.3 Å². The quantitative estimate of drug-likeness (QED) is 0.621. The van der Waals surface area contributed by atoms with Crippen molar-refractivity contribution in [2.45, 2.75) is 17.0 Å². The summed E-state index contributed by atoms with van der Waals surface area (Å²) in [6, 6.07) is 2.60. The van der Waals surface area contributed by atoms with Gasteiger partial charge in [-0.3, -0.25) is 0 Å². The zero-order valence-electron chi connectivity index (χ0n) is 8.42. The zero-order valence-corrected chi connectivity index (χ0v) is 10.8. The summed E-state index contributed by atoms with van der Waals surface area (Å²) in [5, 5.41) is 8.67. The molecule has 9 heteroatoms. The van der Waals surface area contributed by atoms with Gasteiger partial charge >= 0.3 is 6.18 Å². The second-order valence-electron chi connectivity index (χ2n) is 3.19. The predicted octanol–water partition coefficient (Wildman–Crippen LogP) is 3.24. The van der Waals surface area contributed by atoms with E-state index in [-0.39, 0.29) is 17.0 Å². The Kier molecular flexibility index (Phi) is 4.15. The van der Waals surface area contributed by atoms with Crippen LogP contribution in [-0.2, 0) is 21.1 Å². The van der Waals surface area contributed by atoms with Crippen LogP contribution in [0.5, 0.6) is 0 Å². The molecule has 0 aromatic heterocycles. The average molecular weight is 318 g/mol. The average Bonchev–Trinajstić information content (AvgIpc) is 2.24. The highest BCUT2D eigenvalue weighted by molar-refractivity contribution is 8.13. The van der Waals surface area contributed by atoms with E-state index in [9.17, 15) is 21.6 Å². The fourth-order valence-corrected chi connectivity index (χ4v) is 2.58. The molecule has 18 heavy (non-hydrogen) atoms. The van der Waals surface area contributed by atoms with Gasteiger partial charge in [0.25, 0.3) is 9.05 Å². The summed E-state index contributed by atoms with van der Waals surface area (Å²) in [5.41, 5.74) is -1.87. The maximum Gasteiger partial charge on any atom is 0.417 e. The molecule has 0 aliphatic carbocycles. The zero-order chi connectivity index (χ0) is 14.1. The van der Waals surface area contributed by atoms with Gasteiger partial charge in [-0.05, 0) is 17.7 Å². The maximum atomic E-state index is 12.7. The highest BCUT2D eigenvalue weighted by atomic mass is 35.7. The lowest BCUT2D eigenvalue weighted by atomic mass is 10.1. The largest absolute Gasteiger partial charge is 0.417 e. The Morgan fingerprint density at radius 2 is 1.89 bits per heavy atom. The maximum absolute atomic E-state index is 12.7. The van der Waals surface area contributed by atoms with Crippen LogP contribution >= 0.6 is 22.3 Å². The molecule has 1 rings (SSSR count). The molecule has 0 bridgehead atoms. The number of nitriles is 1. The van der Waals surface area contributed by atoms with E-state index in [4.69, 9.17) is 27.5 Å². The second kappa shape index (κ2) is 4.96. The van der Waals surface area contributed by atoms with Gasteiger partial charge in [0.2, 0.25) is 0 Å². The third-order valence-corrected chi connectivity index (χ3v) is 3.69. The van der Waals surface area contributed by atoms with Crippen LogP contribution in [0.4, 0.5) is 13.2 Å². The first-order valence-corrected chi connectivity index (χ1v) is 7.10. The van der Waals surface area contributed by atoms with Gasteiger partial charge in [0.15, 0.2) is 0 Å². The minimum absolute atomic E-state index is 0.0357. The molecule has 0 fully saturated rings. The lowest BCUT2D eigenvalue weighted by Crippen LogP contribution is -2.12. The van der Waals surface area contributed by atoms with E-state index >= 15 is 0 Å². The number of alkyl halides is 4. The van der Waals surface area contributed by atoms with E-state index in [1.165, 1.54) is 6.07 Å².